The minimum Gasteiger partial charge on any atom is -0.385 e. The first-order valence-corrected chi connectivity index (χ1v) is 9.82. The minimum absolute atomic E-state index is 0.0189. The van der Waals surface area contributed by atoms with E-state index in [0.717, 1.165) is 54.7 Å². The average Bonchev–Trinajstić information content (AvgIpc) is 3.42. The molecule has 1 aliphatic carbocycles. The van der Waals surface area contributed by atoms with Crippen LogP contribution in [0.4, 0.5) is 5.69 Å². The van der Waals surface area contributed by atoms with Crippen LogP contribution in [0.1, 0.15) is 80.0 Å². The third-order valence-electron chi connectivity index (χ3n) is 5.04. The SMILES string of the molecule is CCCNc1ccc(CNC(=O)c2cnn(C(C)CC)c2C2CC2)cc1. The molecule has 1 unspecified atom stereocenters. The Morgan fingerprint density at radius 2 is 2.00 bits per heavy atom. The van der Waals surface area contributed by atoms with Gasteiger partial charge in [0.05, 0.1) is 17.5 Å². The number of hydrogen-bond acceptors (Lipinski definition) is 3. The smallest absolute Gasteiger partial charge is 0.255 e. The van der Waals surface area contributed by atoms with Crippen LogP contribution in [0.15, 0.2) is 30.5 Å². The maximum absolute atomic E-state index is 12.7. The predicted molar refractivity (Wildman–Crippen MR) is 106 cm³/mol. The van der Waals surface area contributed by atoms with E-state index in [1.54, 1.807) is 6.20 Å². The van der Waals surface area contributed by atoms with Gasteiger partial charge in [0.25, 0.3) is 5.91 Å². The lowest BCUT2D eigenvalue weighted by molar-refractivity contribution is 0.0949. The molecule has 1 aliphatic rings. The Hall–Kier alpha value is -2.30. The van der Waals surface area contributed by atoms with Gasteiger partial charge in [0.15, 0.2) is 0 Å². The van der Waals surface area contributed by atoms with E-state index in [-0.39, 0.29) is 5.91 Å². The number of carbonyl (C=O) groups excluding carboxylic acids is 1. The second-order valence-electron chi connectivity index (χ2n) is 7.23. The lowest BCUT2D eigenvalue weighted by Crippen LogP contribution is -2.24. The van der Waals surface area contributed by atoms with Crippen LogP contribution in [0, 0.1) is 0 Å². The fourth-order valence-electron chi connectivity index (χ4n) is 3.12. The van der Waals surface area contributed by atoms with E-state index < -0.39 is 0 Å². The molecular weight excluding hydrogens is 324 g/mol. The van der Waals surface area contributed by atoms with Crippen LogP contribution in [0.3, 0.4) is 0 Å². The zero-order chi connectivity index (χ0) is 18.5. The van der Waals surface area contributed by atoms with E-state index in [9.17, 15) is 4.79 Å². The molecule has 2 aromatic rings. The third kappa shape index (κ3) is 4.26. The zero-order valence-corrected chi connectivity index (χ0v) is 16.1. The average molecular weight is 354 g/mol. The van der Waals surface area contributed by atoms with Crippen LogP contribution in [0.25, 0.3) is 0 Å². The van der Waals surface area contributed by atoms with Crippen LogP contribution in [-0.2, 0) is 6.54 Å². The molecule has 1 fully saturated rings. The second kappa shape index (κ2) is 8.39. The van der Waals surface area contributed by atoms with Crippen LogP contribution in [0.2, 0.25) is 0 Å². The molecule has 1 aromatic heterocycles. The zero-order valence-electron chi connectivity index (χ0n) is 16.1. The predicted octanol–water partition coefficient (Wildman–Crippen LogP) is 4.48. The molecule has 1 saturated carbocycles. The molecule has 26 heavy (non-hydrogen) atoms. The molecule has 0 aliphatic heterocycles. The summed E-state index contributed by atoms with van der Waals surface area (Å²) in [5.41, 5.74) is 4.08. The highest BCUT2D eigenvalue weighted by molar-refractivity contribution is 5.95. The summed E-state index contributed by atoms with van der Waals surface area (Å²) >= 11 is 0. The molecule has 5 nitrogen and oxygen atoms in total. The van der Waals surface area contributed by atoms with E-state index in [1.165, 1.54) is 0 Å². The van der Waals surface area contributed by atoms with Gasteiger partial charge in [0.2, 0.25) is 0 Å². The van der Waals surface area contributed by atoms with Gasteiger partial charge in [-0.25, -0.2) is 0 Å². The normalized spacial score (nSPS) is 14.9. The standard InChI is InChI=1S/C21H30N4O/c1-4-12-22-18-10-6-16(7-11-18)13-23-21(26)19-14-24-25(15(3)5-2)20(19)17-8-9-17/h6-7,10-11,14-15,17,22H,4-5,8-9,12-13H2,1-3H3,(H,23,26). The quantitative estimate of drug-likeness (QED) is 0.698. The molecule has 140 valence electrons. The Morgan fingerprint density at radius 3 is 2.62 bits per heavy atom. The fraction of sp³-hybridized carbons (Fsp3) is 0.524. The Kier molecular flexibility index (Phi) is 5.96. The maximum Gasteiger partial charge on any atom is 0.255 e. The largest absolute Gasteiger partial charge is 0.385 e. The van der Waals surface area contributed by atoms with Crippen molar-refractivity contribution in [1.29, 1.82) is 0 Å². The Balaban J connectivity index is 1.64. The van der Waals surface area contributed by atoms with Gasteiger partial charge in [-0.15, -0.1) is 0 Å². The Bertz CT molecular complexity index is 731. The molecule has 0 bridgehead atoms. The number of rotatable bonds is 9. The van der Waals surface area contributed by atoms with Crippen molar-refractivity contribution in [3.8, 4) is 0 Å². The van der Waals surface area contributed by atoms with Gasteiger partial charge in [-0.3, -0.25) is 9.48 Å². The van der Waals surface area contributed by atoms with Crippen molar-refractivity contribution in [2.45, 2.75) is 65.0 Å². The van der Waals surface area contributed by atoms with Crippen LogP contribution < -0.4 is 10.6 Å². The van der Waals surface area contributed by atoms with Crippen molar-refractivity contribution in [3.63, 3.8) is 0 Å². The number of aromatic nitrogens is 2. The summed E-state index contributed by atoms with van der Waals surface area (Å²) in [6.07, 6.45) is 6.18. The fourth-order valence-corrected chi connectivity index (χ4v) is 3.12. The van der Waals surface area contributed by atoms with Gasteiger partial charge < -0.3 is 10.6 Å². The van der Waals surface area contributed by atoms with E-state index in [2.05, 4.69) is 65.5 Å². The molecule has 3 rings (SSSR count). The Labute approximate surface area is 156 Å². The monoisotopic (exact) mass is 354 g/mol. The van der Waals surface area contributed by atoms with Gasteiger partial charge in [-0.05, 0) is 50.3 Å². The van der Waals surface area contributed by atoms with Gasteiger partial charge >= 0.3 is 0 Å². The molecule has 2 N–H and O–H groups in total. The molecule has 0 spiro atoms. The van der Waals surface area contributed by atoms with Crippen LogP contribution >= 0.6 is 0 Å². The summed E-state index contributed by atoms with van der Waals surface area (Å²) in [5, 5.41) is 10.9. The highest BCUT2D eigenvalue weighted by atomic mass is 16.1. The number of hydrogen-bond donors (Lipinski definition) is 2. The third-order valence-corrected chi connectivity index (χ3v) is 5.04. The van der Waals surface area contributed by atoms with Crippen LogP contribution in [0.5, 0.6) is 0 Å². The summed E-state index contributed by atoms with van der Waals surface area (Å²) in [4.78, 5) is 12.7. The summed E-state index contributed by atoms with van der Waals surface area (Å²) in [6.45, 7) is 7.97. The summed E-state index contributed by atoms with van der Waals surface area (Å²) in [6, 6.07) is 8.57. The molecule has 1 aromatic carbocycles. The molecule has 1 heterocycles. The van der Waals surface area contributed by atoms with E-state index >= 15 is 0 Å². The maximum atomic E-state index is 12.7. The van der Waals surface area contributed by atoms with Crippen molar-refractivity contribution in [2.75, 3.05) is 11.9 Å². The molecule has 1 amide bonds. The lowest BCUT2D eigenvalue weighted by atomic mass is 10.1. The van der Waals surface area contributed by atoms with Crippen molar-refractivity contribution >= 4 is 11.6 Å². The van der Waals surface area contributed by atoms with Crippen molar-refractivity contribution in [2.24, 2.45) is 0 Å². The van der Waals surface area contributed by atoms with Gasteiger partial charge in [-0.1, -0.05) is 26.0 Å². The molecule has 0 saturated heterocycles. The van der Waals surface area contributed by atoms with Gasteiger partial charge in [0.1, 0.15) is 0 Å². The number of amides is 1. The summed E-state index contributed by atoms with van der Waals surface area (Å²) < 4.78 is 2.06. The lowest BCUT2D eigenvalue weighted by Gasteiger charge is -2.14. The van der Waals surface area contributed by atoms with Gasteiger partial charge in [0, 0.05) is 30.7 Å². The van der Waals surface area contributed by atoms with E-state index in [0.29, 0.717) is 18.5 Å². The highest BCUT2D eigenvalue weighted by Gasteiger charge is 2.33. The van der Waals surface area contributed by atoms with Gasteiger partial charge in [-0.2, -0.15) is 5.10 Å². The van der Waals surface area contributed by atoms with Crippen molar-refractivity contribution in [1.82, 2.24) is 15.1 Å². The summed E-state index contributed by atoms with van der Waals surface area (Å²) in [5.74, 6) is 0.478. The van der Waals surface area contributed by atoms with E-state index in [1.807, 2.05) is 0 Å². The molecule has 5 heteroatoms. The minimum atomic E-state index is -0.0189. The first kappa shape index (κ1) is 18.5. The van der Waals surface area contributed by atoms with E-state index in [4.69, 9.17) is 0 Å². The first-order chi connectivity index (χ1) is 12.6. The summed E-state index contributed by atoms with van der Waals surface area (Å²) in [7, 11) is 0. The Morgan fingerprint density at radius 1 is 1.27 bits per heavy atom. The first-order valence-electron chi connectivity index (χ1n) is 9.82. The van der Waals surface area contributed by atoms with Crippen LogP contribution in [-0.4, -0.2) is 22.2 Å². The number of nitrogens with one attached hydrogen (secondary N) is 2. The highest BCUT2D eigenvalue weighted by Crippen LogP contribution is 2.42. The van der Waals surface area contributed by atoms with Crippen molar-refractivity contribution in [3.05, 3.63) is 47.3 Å². The topological polar surface area (TPSA) is 58.9 Å². The second-order valence-corrected chi connectivity index (χ2v) is 7.23. The number of carbonyl (C=O) groups is 1. The molecule has 0 radical (unpaired) electrons. The number of anilines is 1. The number of benzene rings is 1. The molecule has 1 atom stereocenters. The van der Waals surface area contributed by atoms with Crippen molar-refractivity contribution < 1.29 is 4.79 Å². The molecular formula is C21H30N4O. The number of nitrogens with zero attached hydrogens (tertiary/aromatic N) is 2.